The molecule has 0 spiro atoms. The Bertz CT molecular complexity index is 606. The number of morpholine rings is 1. The predicted molar refractivity (Wildman–Crippen MR) is 114 cm³/mol. The molecule has 1 aliphatic rings. The highest BCUT2D eigenvalue weighted by molar-refractivity contribution is 5.79. The summed E-state index contributed by atoms with van der Waals surface area (Å²) in [4.78, 5) is 9.10. The summed E-state index contributed by atoms with van der Waals surface area (Å²) in [5.74, 6) is 0.933. The summed E-state index contributed by atoms with van der Waals surface area (Å²) in [6, 6.07) is 8.68. The Balaban J connectivity index is 1.95. The number of allylic oxidation sites excluding steroid dienone is 1. The third kappa shape index (κ3) is 7.00. The second kappa shape index (κ2) is 11.1. The number of unbranched alkanes of at least 4 members (excludes halogenated alkanes) is 1. The molecule has 1 fully saturated rings. The van der Waals surface area contributed by atoms with Crippen LogP contribution in [0.4, 0.5) is 0 Å². The van der Waals surface area contributed by atoms with E-state index in [4.69, 9.17) is 4.74 Å². The van der Waals surface area contributed by atoms with Gasteiger partial charge in [-0.3, -0.25) is 9.89 Å². The monoisotopic (exact) mass is 372 g/mol. The van der Waals surface area contributed by atoms with Crippen molar-refractivity contribution in [2.45, 2.75) is 52.0 Å². The van der Waals surface area contributed by atoms with Gasteiger partial charge in [0.15, 0.2) is 5.96 Å². The molecule has 1 heterocycles. The van der Waals surface area contributed by atoms with Crippen molar-refractivity contribution in [1.82, 2.24) is 15.1 Å². The van der Waals surface area contributed by atoms with E-state index in [-0.39, 0.29) is 0 Å². The number of rotatable bonds is 8. The van der Waals surface area contributed by atoms with Crippen molar-refractivity contribution >= 4 is 5.96 Å². The maximum atomic E-state index is 5.86. The molecule has 0 bridgehead atoms. The number of nitrogens with zero attached hydrogens (tertiary/aromatic N) is 3. The normalized spacial score (nSPS) is 21.1. The molecule has 1 N–H and O–H groups in total. The fourth-order valence-corrected chi connectivity index (χ4v) is 3.68. The van der Waals surface area contributed by atoms with E-state index in [0.717, 1.165) is 51.5 Å². The van der Waals surface area contributed by atoms with Gasteiger partial charge in [0.2, 0.25) is 0 Å². The van der Waals surface area contributed by atoms with E-state index < -0.39 is 0 Å². The van der Waals surface area contributed by atoms with Crippen molar-refractivity contribution in [2.24, 2.45) is 4.99 Å². The number of aliphatic imine (C=N–C) groups is 1. The molecule has 0 saturated carbocycles. The van der Waals surface area contributed by atoms with Crippen molar-refractivity contribution in [3.8, 4) is 0 Å². The summed E-state index contributed by atoms with van der Waals surface area (Å²) < 4.78 is 5.86. The SMILES string of the molecule is C=CCCCN(C)C(=NC)NCc1ccccc1CN1CC(C)OC(C)C1. The predicted octanol–water partition coefficient (Wildman–Crippen LogP) is 3.27. The zero-order valence-corrected chi connectivity index (χ0v) is 17.4. The van der Waals surface area contributed by atoms with Crippen LogP contribution < -0.4 is 5.32 Å². The first-order valence-corrected chi connectivity index (χ1v) is 10.0. The molecule has 2 rings (SSSR count). The van der Waals surface area contributed by atoms with Crippen LogP contribution in [0, 0.1) is 0 Å². The maximum absolute atomic E-state index is 5.86. The first kappa shape index (κ1) is 21.5. The van der Waals surface area contributed by atoms with E-state index >= 15 is 0 Å². The summed E-state index contributed by atoms with van der Waals surface area (Å²) in [5.41, 5.74) is 2.70. The van der Waals surface area contributed by atoms with Crippen LogP contribution in [0.2, 0.25) is 0 Å². The molecule has 27 heavy (non-hydrogen) atoms. The van der Waals surface area contributed by atoms with Gasteiger partial charge in [-0.2, -0.15) is 0 Å². The van der Waals surface area contributed by atoms with Crippen LogP contribution in [0.3, 0.4) is 0 Å². The van der Waals surface area contributed by atoms with Crippen LogP contribution in [-0.2, 0) is 17.8 Å². The number of hydrogen-bond donors (Lipinski definition) is 1. The number of ether oxygens (including phenoxy) is 1. The minimum absolute atomic E-state index is 0.294. The highest BCUT2D eigenvalue weighted by Crippen LogP contribution is 2.17. The fourth-order valence-electron chi connectivity index (χ4n) is 3.68. The van der Waals surface area contributed by atoms with Crippen LogP contribution in [0.25, 0.3) is 0 Å². The Labute approximate surface area is 165 Å². The highest BCUT2D eigenvalue weighted by atomic mass is 16.5. The summed E-state index contributed by atoms with van der Waals surface area (Å²) in [6.45, 7) is 12.8. The van der Waals surface area contributed by atoms with Gasteiger partial charge in [0.25, 0.3) is 0 Å². The standard InChI is InChI=1S/C22H36N4O/c1-6-7-10-13-25(5)22(23-4)24-14-20-11-8-9-12-21(20)17-26-15-18(2)27-19(3)16-26/h6,8-9,11-12,18-19H,1,7,10,13-17H2,2-5H3,(H,23,24). The molecule has 0 aromatic heterocycles. The Kier molecular flexibility index (Phi) is 8.82. The number of guanidine groups is 1. The molecule has 5 heteroatoms. The third-order valence-corrected chi connectivity index (χ3v) is 4.92. The molecular weight excluding hydrogens is 336 g/mol. The summed E-state index contributed by atoms with van der Waals surface area (Å²) in [7, 11) is 3.93. The second-order valence-corrected chi connectivity index (χ2v) is 7.47. The van der Waals surface area contributed by atoms with Gasteiger partial charge in [-0.05, 0) is 37.8 Å². The molecule has 1 saturated heterocycles. The first-order valence-electron chi connectivity index (χ1n) is 10.0. The molecule has 2 atom stereocenters. The average molecular weight is 373 g/mol. The topological polar surface area (TPSA) is 40.1 Å². The minimum atomic E-state index is 0.294. The number of nitrogens with one attached hydrogen (secondary N) is 1. The van der Waals surface area contributed by atoms with E-state index in [1.807, 2.05) is 13.1 Å². The average Bonchev–Trinajstić information content (AvgIpc) is 2.63. The second-order valence-electron chi connectivity index (χ2n) is 7.47. The molecule has 2 unspecified atom stereocenters. The molecule has 0 radical (unpaired) electrons. The van der Waals surface area contributed by atoms with Crippen molar-refractivity contribution in [3.63, 3.8) is 0 Å². The largest absolute Gasteiger partial charge is 0.373 e. The lowest BCUT2D eigenvalue weighted by atomic mass is 10.1. The van der Waals surface area contributed by atoms with Crippen molar-refractivity contribution in [2.75, 3.05) is 33.7 Å². The lowest BCUT2D eigenvalue weighted by Gasteiger charge is -2.35. The summed E-state index contributed by atoms with van der Waals surface area (Å²) in [6.07, 6.45) is 4.67. The summed E-state index contributed by atoms with van der Waals surface area (Å²) >= 11 is 0. The lowest BCUT2D eigenvalue weighted by Crippen LogP contribution is -2.45. The number of hydrogen-bond acceptors (Lipinski definition) is 3. The molecular formula is C22H36N4O. The van der Waals surface area contributed by atoms with Gasteiger partial charge in [0.1, 0.15) is 0 Å². The van der Waals surface area contributed by atoms with Gasteiger partial charge in [0, 0.05) is 46.8 Å². The smallest absolute Gasteiger partial charge is 0.193 e. The zero-order valence-electron chi connectivity index (χ0n) is 17.4. The Morgan fingerprint density at radius 1 is 1.30 bits per heavy atom. The summed E-state index contributed by atoms with van der Waals surface area (Å²) in [5, 5.41) is 3.51. The van der Waals surface area contributed by atoms with Gasteiger partial charge in [-0.1, -0.05) is 30.3 Å². The van der Waals surface area contributed by atoms with E-state index in [2.05, 4.69) is 71.8 Å². The maximum Gasteiger partial charge on any atom is 0.193 e. The molecule has 0 aliphatic carbocycles. The quantitative estimate of drug-likeness (QED) is 0.329. The van der Waals surface area contributed by atoms with Crippen LogP contribution in [0.1, 0.15) is 37.8 Å². The zero-order chi connectivity index (χ0) is 19.6. The van der Waals surface area contributed by atoms with E-state index in [9.17, 15) is 0 Å². The van der Waals surface area contributed by atoms with Gasteiger partial charge in [0.05, 0.1) is 12.2 Å². The minimum Gasteiger partial charge on any atom is -0.373 e. The fraction of sp³-hybridized carbons (Fsp3) is 0.591. The van der Waals surface area contributed by atoms with Crippen LogP contribution in [0.5, 0.6) is 0 Å². The molecule has 1 aromatic rings. The van der Waals surface area contributed by atoms with Crippen molar-refractivity contribution in [3.05, 3.63) is 48.0 Å². The molecule has 1 aromatic carbocycles. The number of benzene rings is 1. The third-order valence-electron chi connectivity index (χ3n) is 4.92. The van der Waals surface area contributed by atoms with Crippen molar-refractivity contribution < 1.29 is 4.74 Å². The molecule has 5 nitrogen and oxygen atoms in total. The van der Waals surface area contributed by atoms with E-state index in [1.54, 1.807) is 0 Å². The Morgan fingerprint density at radius 2 is 1.96 bits per heavy atom. The molecule has 1 aliphatic heterocycles. The van der Waals surface area contributed by atoms with Gasteiger partial charge in [-0.25, -0.2) is 0 Å². The Hall–Kier alpha value is -1.85. The molecule has 150 valence electrons. The van der Waals surface area contributed by atoms with E-state index in [1.165, 1.54) is 11.1 Å². The van der Waals surface area contributed by atoms with E-state index in [0.29, 0.717) is 12.2 Å². The van der Waals surface area contributed by atoms with Gasteiger partial charge < -0.3 is 15.0 Å². The molecule has 0 amide bonds. The highest BCUT2D eigenvalue weighted by Gasteiger charge is 2.22. The first-order chi connectivity index (χ1) is 13.0. The Morgan fingerprint density at radius 3 is 2.59 bits per heavy atom. The van der Waals surface area contributed by atoms with Crippen LogP contribution in [0.15, 0.2) is 41.9 Å². The van der Waals surface area contributed by atoms with Crippen molar-refractivity contribution in [1.29, 1.82) is 0 Å². The van der Waals surface area contributed by atoms with Gasteiger partial charge in [-0.15, -0.1) is 6.58 Å². The van der Waals surface area contributed by atoms with Crippen LogP contribution >= 0.6 is 0 Å². The van der Waals surface area contributed by atoms with Crippen LogP contribution in [-0.4, -0.2) is 61.7 Å². The lowest BCUT2D eigenvalue weighted by molar-refractivity contribution is -0.0705. The van der Waals surface area contributed by atoms with Gasteiger partial charge >= 0.3 is 0 Å².